The third-order valence-corrected chi connectivity index (χ3v) is 5.40. The second kappa shape index (κ2) is 7.99. The molecule has 5 rings (SSSR count). The third-order valence-electron chi connectivity index (χ3n) is 5.40. The van der Waals surface area contributed by atoms with Crippen LogP contribution in [0.2, 0.25) is 0 Å². The van der Waals surface area contributed by atoms with Crippen LogP contribution in [-0.2, 0) is 6.61 Å². The van der Waals surface area contributed by atoms with Crippen molar-refractivity contribution in [2.45, 2.75) is 25.4 Å². The fourth-order valence-corrected chi connectivity index (χ4v) is 3.76. The van der Waals surface area contributed by atoms with E-state index in [-0.39, 0.29) is 6.01 Å². The van der Waals surface area contributed by atoms with Gasteiger partial charge in [0.15, 0.2) is 0 Å². The molecule has 1 aliphatic rings. The quantitative estimate of drug-likeness (QED) is 0.479. The van der Waals surface area contributed by atoms with Gasteiger partial charge in [-0.1, -0.05) is 35.4 Å². The van der Waals surface area contributed by atoms with E-state index in [0.29, 0.717) is 24.3 Å². The molecule has 0 radical (unpaired) electrons. The summed E-state index contributed by atoms with van der Waals surface area (Å²) in [6.45, 7) is 0.466. The molecule has 1 unspecified atom stereocenters. The van der Waals surface area contributed by atoms with Gasteiger partial charge in [0, 0.05) is 17.7 Å². The molecule has 1 aliphatic carbocycles. The van der Waals surface area contributed by atoms with Crippen LogP contribution < -0.4 is 10.5 Å². The van der Waals surface area contributed by atoms with Crippen LogP contribution in [0, 0.1) is 5.92 Å². The van der Waals surface area contributed by atoms with Crippen molar-refractivity contribution in [2.75, 3.05) is 5.73 Å². The highest BCUT2D eigenvalue weighted by Crippen LogP contribution is 2.46. The van der Waals surface area contributed by atoms with Gasteiger partial charge in [-0.25, -0.2) is 0 Å². The zero-order valence-corrected chi connectivity index (χ0v) is 16.4. The smallest absolute Gasteiger partial charge is 0.313 e. The SMILES string of the molecule is Nc1nnc(-c2ccc(C(c3ccc(OCc4ccccn4)cc3)C3CC3)cc2)o1. The van der Waals surface area contributed by atoms with E-state index in [1.165, 1.54) is 24.0 Å². The van der Waals surface area contributed by atoms with E-state index in [1.54, 1.807) is 6.20 Å². The van der Waals surface area contributed by atoms with Gasteiger partial charge >= 0.3 is 6.01 Å². The van der Waals surface area contributed by atoms with Crippen molar-refractivity contribution in [2.24, 2.45) is 5.92 Å². The van der Waals surface area contributed by atoms with Crippen molar-refractivity contribution < 1.29 is 9.15 Å². The van der Waals surface area contributed by atoms with Gasteiger partial charge < -0.3 is 14.9 Å². The molecule has 2 heterocycles. The van der Waals surface area contributed by atoms with Gasteiger partial charge in [-0.3, -0.25) is 4.98 Å². The third kappa shape index (κ3) is 4.03. The van der Waals surface area contributed by atoms with Crippen LogP contribution in [0.15, 0.2) is 77.3 Å². The normalized spacial score (nSPS) is 14.4. The van der Waals surface area contributed by atoms with Crippen molar-refractivity contribution in [1.29, 1.82) is 0 Å². The number of anilines is 1. The number of pyridine rings is 1. The minimum absolute atomic E-state index is 0.0790. The maximum Gasteiger partial charge on any atom is 0.313 e. The fraction of sp³-hybridized carbons (Fsp3) is 0.208. The van der Waals surface area contributed by atoms with E-state index in [0.717, 1.165) is 17.0 Å². The van der Waals surface area contributed by atoms with Crippen LogP contribution in [0.1, 0.15) is 35.6 Å². The molecule has 0 saturated heterocycles. The number of hydrogen-bond acceptors (Lipinski definition) is 6. The molecule has 1 fully saturated rings. The molecule has 6 nitrogen and oxygen atoms in total. The van der Waals surface area contributed by atoms with Gasteiger partial charge in [0.25, 0.3) is 0 Å². The molecule has 0 amide bonds. The van der Waals surface area contributed by atoms with Crippen LogP contribution in [0.4, 0.5) is 6.01 Å². The van der Waals surface area contributed by atoms with Crippen LogP contribution >= 0.6 is 0 Å². The molecule has 1 saturated carbocycles. The summed E-state index contributed by atoms with van der Waals surface area (Å²) in [5, 5.41) is 7.68. The van der Waals surface area contributed by atoms with Gasteiger partial charge in [-0.05, 0) is 66.3 Å². The summed E-state index contributed by atoms with van der Waals surface area (Å²) in [6, 6.07) is 22.7. The van der Waals surface area contributed by atoms with Crippen molar-refractivity contribution in [3.05, 3.63) is 89.7 Å². The van der Waals surface area contributed by atoms with Crippen molar-refractivity contribution in [3.63, 3.8) is 0 Å². The highest BCUT2D eigenvalue weighted by molar-refractivity contribution is 5.54. The Bertz CT molecular complexity index is 1100. The number of nitrogens with two attached hydrogens (primary N) is 1. The molecule has 150 valence electrons. The van der Waals surface area contributed by atoms with Crippen LogP contribution in [0.5, 0.6) is 5.75 Å². The lowest BCUT2D eigenvalue weighted by atomic mass is 9.87. The Morgan fingerprint density at radius 3 is 2.27 bits per heavy atom. The maximum atomic E-state index is 5.88. The first-order valence-electron chi connectivity index (χ1n) is 10.1. The Hall–Kier alpha value is -3.67. The largest absolute Gasteiger partial charge is 0.487 e. The maximum absolute atomic E-state index is 5.88. The Morgan fingerprint density at radius 1 is 0.933 bits per heavy atom. The monoisotopic (exact) mass is 398 g/mol. The second-order valence-corrected chi connectivity index (χ2v) is 7.56. The summed E-state index contributed by atoms with van der Waals surface area (Å²) in [4.78, 5) is 4.29. The summed E-state index contributed by atoms with van der Waals surface area (Å²) in [7, 11) is 0. The molecule has 2 aromatic heterocycles. The van der Waals surface area contributed by atoms with E-state index in [2.05, 4.69) is 39.4 Å². The lowest BCUT2D eigenvalue weighted by molar-refractivity contribution is 0.301. The number of aromatic nitrogens is 3. The van der Waals surface area contributed by atoms with E-state index in [4.69, 9.17) is 14.9 Å². The van der Waals surface area contributed by atoms with Gasteiger partial charge in [0.05, 0.1) is 5.69 Å². The molecule has 0 aliphatic heterocycles. The zero-order chi connectivity index (χ0) is 20.3. The standard InChI is InChI=1S/C24H22N4O2/c25-24-28-27-23(30-24)19-8-6-17(7-9-19)22(16-4-5-16)18-10-12-21(13-11-18)29-15-20-3-1-2-14-26-20/h1-3,6-14,16,22H,4-5,15H2,(H2,25,28). The lowest BCUT2D eigenvalue weighted by Crippen LogP contribution is -2.04. The van der Waals surface area contributed by atoms with Crippen LogP contribution in [0.3, 0.4) is 0 Å². The van der Waals surface area contributed by atoms with Crippen LogP contribution in [-0.4, -0.2) is 15.2 Å². The van der Waals surface area contributed by atoms with E-state index in [9.17, 15) is 0 Å². The number of ether oxygens (including phenoxy) is 1. The average molecular weight is 398 g/mol. The Kier molecular flexibility index (Phi) is 4.89. The summed E-state index contributed by atoms with van der Waals surface area (Å²) < 4.78 is 11.2. The molecule has 30 heavy (non-hydrogen) atoms. The molecule has 1 atom stereocenters. The minimum atomic E-state index is 0.0790. The molecular formula is C24H22N4O2. The first-order valence-corrected chi connectivity index (χ1v) is 10.1. The first-order chi connectivity index (χ1) is 14.8. The molecular weight excluding hydrogens is 376 g/mol. The van der Waals surface area contributed by atoms with Crippen molar-refractivity contribution in [1.82, 2.24) is 15.2 Å². The minimum Gasteiger partial charge on any atom is -0.487 e. The number of nitrogen functional groups attached to an aromatic ring is 1. The molecule has 0 bridgehead atoms. The number of rotatable bonds is 7. The number of nitrogens with zero attached hydrogens (tertiary/aromatic N) is 3. The summed E-state index contributed by atoms with van der Waals surface area (Å²) >= 11 is 0. The highest BCUT2D eigenvalue weighted by atomic mass is 16.5. The molecule has 2 aromatic carbocycles. The van der Waals surface area contributed by atoms with Crippen LogP contribution in [0.25, 0.3) is 11.5 Å². The second-order valence-electron chi connectivity index (χ2n) is 7.56. The molecule has 2 N–H and O–H groups in total. The lowest BCUT2D eigenvalue weighted by Gasteiger charge is -2.18. The zero-order valence-electron chi connectivity index (χ0n) is 16.4. The molecule has 6 heteroatoms. The molecule has 4 aromatic rings. The highest BCUT2D eigenvalue weighted by Gasteiger charge is 2.33. The predicted octanol–water partition coefficient (Wildman–Crippen LogP) is 4.83. The van der Waals surface area contributed by atoms with Gasteiger partial charge in [-0.15, -0.1) is 5.10 Å². The summed E-state index contributed by atoms with van der Waals surface area (Å²) in [5.41, 5.74) is 9.91. The Morgan fingerprint density at radius 2 is 1.67 bits per heavy atom. The van der Waals surface area contributed by atoms with Crippen molar-refractivity contribution >= 4 is 6.01 Å². The number of hydrogen-bond donors (Lipinski definition) is 1. The number of benzene rings is 2. The summed E-state index contributed by atoms with van der Waals surface area (Å²) in [6.07, 6.45) is 4.29. The van der Waals surface area contributed by atoms with Gasteiger partial charge in [0.1, 0.15) is 12.4 Å². The van der Waals surface area contributed by atoms with Crippen molar-refractivity contribution in [3.8, 4) is 17.2 Å². The average Bonchev–Trinajstić information content (AvgIpc) is 3.53. The topological polar surface area (TPSA) is 87.1 Å². The Labute approximate surface area is 174 Å². The first kappa shape index (κ1) is 18.4. The van der Waals surface area contributed by atoms with Gasteiger partial charge in [0.2, 0.25) is 5.89 Å². The van der Waals surface area contributed by atoms with Gasteiger partial charge in [-0.2, -0.15) is 0 Å². The fourth-order valence-electron chi connectivity index (χ4n) is 3.76. The predicted molar refractivity (Wildman–Crippen MR) is 114 cm³/mol. The van der Waals surface area contributed by atoms with E-state index in [1.807, 2.05) is 42.5 Å². The van der Waals surface area contributed by atoms with E-state index < -0.39 is 0 Å². The molecule has 0 spiro atoms. The Balaban J connectivity index is 1.32. The summed E-state index contributed by atoms with van der Waals surface area (Å²) in [5.74, 6) is 2.34. The van der Waals surface area contributed by atoms with E-state index >= 15 is 0 Å².